The summed E-state index contributed by atoms with van der Waals surface area (Å²) in [4.78, 5) is 11.4. The van der Waals surface area contributed by atoms with E-state index in [1.165, 1.54) is 17.8 Å². The van der Waals surface area contributed by atoms with E-state index in [4.69, 9.17) is 10.8 Å². The molecule has 0 aliphatic heterocycles. The van der Waals surface area contributed by atoms with Crippen LogP contribution in [0.1, 0.15) is 15.2 Å². The van der Waals surface area contributed by atoms with Gasteiger partial charge in [-0.15, -0.1) is 11.3 Å². The molecule has 3 N–H and O–H groups in total. The zero-order valence-corrected chi connectivity index (χ0v) is 11.1. The molecule has 0 saturated heterocycles. The molecule has 0 saturated carbocycles. The molecular weight excluding hydrogens is 273 g/mol. The molecule has 0 aliphatic carbocycles. The van der Waals surface area contributed by atoms with Crippen molar-refractivity contribution in [2.75, 3.05) is 12.3 Å². The van der Waals surface area contributed by atoms with Crippen LogP contribution in [0.2, 0.25) is 0 Å². The van der Waals surface area contributed by atoms with Crippen molar-refractivity contribution in [1.29, 1.82) is 0 Å². The third kappa shape index (κ3) is 2.50. The number of carboxylic acids is 1. The third-order valence-electron chi connectivity index (χ3n) is 2.47. The molecule has 0 atom stereocenters. The minimum Gasteiger partial charge on any atom is -0.477 e. The first kappa shape index (κ1) is 13.3. The number of thiophene rings is 1. The molecule has 0 fully saturated rings. The molecule has 96 valence electrons. The molecule has 2 aromatic rings. The second-order valence-corrected chi connectivity index (χ2v) is 5.83. The molecule has 2 rings (SSSR count). The number of halogens is 1. The molecule has 0 spiro atoms. The number of aromatic carboxylic acids is 1. The van der Waals surface area contributed by atoms with Crippen LogP contribution >= 0.6 is 23.1 Å². The van der Waals surface area contributed by atoms with Crippen molar-refractivity contribution in [2.45, 2.75) is 5.75 Å². The van der Waals surface area contributed by atoms with Crippen LogP contribution in [0, 0.1) is 5.82 Å². The number of fused-ring (bicyclic) bond motifs is 1. The van der Waals surface area contributed by atoms with Gasteiger partial charge < -0.3 is 10.8 Å². The van der Waals surface area contributed by atoms with Gasteiger partial charge >= 0.3 is 5.97 Å². The summed E-state index contributed by atoms with van der Waals surface area (Å²) < 4.78 is 14.5. The van der Waals surface area contributed by atoms with Crippen molar-refractivity contribution in [3.63, 3.8) is 0 Å². The van der Waals surface area contributed by atoms with Crippen LogP contribution in [-0.2, 0) is 5.75 Å². The van der Waals surface area contributed by atoms with Gasteiger partial charge in [-0.1, -0.05) is 6.07 Å². The SMILES string of the molecule is NCCSCc1c(C(=O)O)sc2cccc(F)c12. The summed E-state index contributed by atoms with van der Waals surface area (Å²) in [7, 11) is 0. The van der Waals surface area contributed by atoms with Crippen LogP contribution in [0.15, 0.2) is 18.2 Å². The highest BCUT2D eigenvalue weighted by Gasteiger charge is 2.19. The Kier molecular flexibility index (Phi) is 4.21. The van der Waals surface area contributed by atoms with Gasteiger partial charge in [0.05, 0.1) is 0 Å². The summed E-state index contributed by atoms with van der Waals surface area (Å²) in [5, 5.41) is 9.60. The maximum absolute atomic E-state index is 13.8. The van der Waals surface area contributed by atoms with Crippen molar-refractivity contribution < 1.29 is 14.3 Å². The number of benzene rings is 1. The van der Waals surface area contributed by atoms with E-state index < -0.39 is 5.97 Å². The Morgan fingerprint density at radius 1 is 1.50 bits per heavy atom. The Hall–Kier alpha value is -1.11. The van der Waals surface area contributed by atoms with Crippen LogP contribution in [0.5, 0.6) is 0 Å². The van der Waals surface area contributed by atoms with Crippen LogP contribution in [0.3, 0.4) is 0 Å². The van der Waals surface area contributed by atoms with Gasteiger partial charge in [0.2, 0.25) is 0 Å². The highest BCUT2D eigenvalue weighted by atomic mass is 32.2. The Morgan fingerprint density at radius 2 is 2.28 bits per heavy atom. The first-order chi connectivity index (χ1) is 8.65. The molecule has 0 aliphatic rings. The molecule has 0 unspecified atom stereocenters. The summed E-state index contributed by atoms with van der Waals surface area (Å²) >= 11 is 2.64. The number of carboxylic acid groups (broad SMARTS) is 1. The minimum absolute atomic E-state index is 0.222. The number of nitrogens with two attached hydrogens (primary N) is 1. The quantitative estimate of drug-likeness (QED) is 0.829. The molecular formula is C12H12FNO2S2. The van der Waals surface area contributed by atoms with Crippen molar-refractivity contribution in [1.82, 2.24) is 0 Å². The van der Waals surface area contributed by atoms with E-state index in [-0.39, 0.29) is 10.7 Å². The van der Waals surface area contributed by atoms with Crippen LogP contribution < -0.4 is 5.73 Å². The zero-order chi connectivity index (χ0) is 13.1. The number of rotatable bonds is 5. The van der Waals surface area contributed by atoms with Gasteiger partial charge in [0.1, 0.15) is 10.7 Å². The first-order valence-corrected chi connectivity index (χ1v) is 7.33. The van der Waals surface area contributed by atoms with E-state index in [2.05, 4.69) is 0 Å². The van der Waals surface area contributed by atoms with E-state index >= 15 is 0 Å². The van der Waals surface area contributed by atoms with Gasteiger partial charge in [0.15, 0.2) is 0 Å². The van der Waals surface area contributed by atoms with Gasteiger partial charge in [-0.3, -0.25) is 0 Å². The monoisotopic (exact) mass is 285 g/mol. The Labute approximate surface area is 112 Å². The Morgan fingerprint density at radius 3 is 2.94 bits per heavy atom. The van der Waals surface area contributed by atoms with Gasteiger partial charge in [0.25, 0.3) is 0 Å². The molecule has 0 bridgehead atoms. The van der Waals surface area contributed by atoms with Gasteiger partial charge in [-0.05, 0) is 17.7 Å². The van der Waals surface area contributed by atoms with Crippen molar-refractivity contribution in [2.24, 2.45) is 5.73 Å². The fourth-order valence-corrected chi connectivity index (χ4v) is 3.70. The average Bonchev–Trinajstić information content (AvgIpc) is 2.70. The van der Waals surface area contributed by atoms with E-state index in [9.17, 15) is 9.18 Å². The largest absolute Gasteiger partial charge is 0.477 e. The fourth-order valence-electron chi connectivity index (χ4n) is 1.74. The highest BCUT2D eigenvalue weighted by Crippen LogP contribution is 2.35. The maximum Gasteiger partial charge on any atom is 0.346 e. The first-order valence-electron chi connectivity index (χ1n) is 5.36. The second kappa shape index (κ2) is 5.69. The third-order valence-corrected chi connectivity index (χ3v) is 4.67. The zero-order valence-electron chi connectivity index (χ0n) is 9.48. The molecule has 0 radical (unpaired) electrons. The predicted molar refractivity (Wildman–Crippen MR) is 74.0 cm³/mol. The van der Waals surface area contributed by atoms with E-state index in [0.717, 1.165) is 17.1 Å². The summed E-state index contributed by atoms with van der Waals surface area (Å²) in [5.41, 5.74) is 5.97. The van der Waals surface area contributed by atoms with E-state index in [1.54, 1.807) is 12.1 Å². The minimum atomic E-state index is -1.00. The normalized spacial score (nSPS) is 11.0. The fraction of sp³-hybridized carbons (Fsp3) is 0.250. The van der Waals surface area contributed by atoms with Gasteiger partial charge in [-0.25, -0.2) is 9.18 Å². The maximum atomic E-state index is 13.8. The number of thioether (sulfide) groups is 1. The highest BCUT2D eigenvalue weighted by molar-refractivity contribution is 7.98. The lowest BCUT2D eigenvalue weighted by molar-refractivity contribution is 0.0701. The topological polar surface area (TPSA) is 63.3 Å². The van der Waals surface area contributed by atoms with Crippen LogP contribution in [-0.4, -0.2) is 23.4 Å². The summed E-state index contributed by atoms with van der Waals surface area (Å²) in [6.45, 7) is 0.525. The standard InChI is InChI=1S/C12H12FNO2S2/c13-8-2-1-3-9-10(8)7(6-17-5-4-14)11(18-9)12(15)16/h1-3H,4-6,14H2,(H,15,16). The number of hydrogen-bond donors (Lipinski definition) is 2. The lowest BCUT2D eigenvalue weighted by Gasteiger charge is -2.02. The second-order valence-electron chi connectivity index (χ2n) is 3.67. The number of carbonyl (C=O) groups is 1. The van der Waals surface area contributed by atoms with Crippen LogP contribution in [0.4, 0.5) is 4.39 Å². The summed E-state index contributed by atoms with van der Waals surface area (Å²) in [6.07, 6.45) is 0. The van der Waals surface area contributed by atoms with Crippen LogP contribution in [0.25, 0.3) is 10.1 Å². The summed E-state index contributed by atoms with van der Waals surface area (Å²) in [5.74, 6) is -0.163. The lowest BCUT2D eigenvalue weighted by atomic mass is 10.1. The molecule has 6 heteroatoms. The molecule has 18 heavy (non-hydrogen) atoms. The molecule has 3 nitrogen and oxygen atoms in total. The lowest BCUT2D eigenvalue weighted by Crippen LogP contribution is -2.02. The molecule has 1 aromatic carbocycles. The Balaban J connectivity index is 2.51. The van der Waals surface area contributed by atoms with Crippen molar-refractivity contribution in [3.8, 4) is 0 Å². The predicted octanol–water partition coefficient (Wildman–Crippen LogP) is 2.93. The van der Waals surface area contributed by atoms with Crippen molar-refractivity contribution in [3.05, 3.63) is 34.5 Å². The van der Waals surface area contributed by atoms with Crippen molar-refractivity contribution >= 4 is 39.2 Å². The van der Waals surface area contributed by atoms with E-state index in [1.807, 2.05) is 0 Å². The molecule has 1 heterocycles. The smallest absolute Gasteiger partial charge is 0.346 e. The van der Waals surface area contributed by atoms with Gasteiger partial charge in [-0.2, -0.15) is 11.8 Å². The number of hydrogen-bond acceptors (Lipinski definition) is 4. The van der Waals surface area contributed by atoms with Gasteiger partial charge in [0, 0.05) is 28.1 Å². The molecule has 1 aromatic heterocycles. The summed E-state index contributed by atoms with van der Waals surface area (Å²) in [6, 6.07) is 4.70. The molecule has 0 amide bonds. The average molecular weight is 285 g/mol. The Bertz CT molecular complexity index is 583. The van der Waals surface area contributed by atoms with E-state index in [0.29, 0.717) is 27.9 Å².